The highest BCUT2D eigenvalue weighted by Gasteiger charge is 2.47. The van der Waals surface area contributed by atoms with E-state index in [1.54, 1.807) is 0 Å². The quantitative estimate of drug-likeness (QED) is 0.827. The molecule has 2 heteroatoms. The standard InChI is InChI=1S/C19H36N2/c1-16-6-7-17(2)19(14-16,15-20)21-12-10-18(11-13-21)8-4-3-5-9-18/h16-17H,3-15,20H2,1-2H3. The van der Waals surface area contributed by atoms with E-state index < -0.39 is 0 Å². The van der Waals surface area contributed by atoms with E-state index in [2.05, 4.69) is 18.7 Å². The van der Waals surface area contributed by atoms with Gasteiger partial charge in [-0.05, 0) is 68.9 Å². The van der Waals surface area contributed by atoms with E-state index in [-0.39, 0.29) is 0 Å². The number of nitrogens with zero attached hydrogens (tertiary/aromatic N) is 1. The summed E-state index contributed by atoms with van der Waals surface area (Å²) in [7, 11) is 0. The second-order valence-electron chi connectivity index (χ2n) is 8.64. The highest BCUT2D eigenvalue weighted by atomic mass is 15.2. The minimum atomic E-state index is 0.313. The first-order valence-electron chi connectivity index (χ1n) is 9.55. The van der Waals surface area contributed by atoms with Crippen molar-refractivity contribution in [2.75, 3.05) is 19.6 Å². The molecule has 3 unspecified atom stereocenters. The summed E-state index contributed by atoms with van der Waals surface area (Å²) in [6.07, 6.45) is 14.4. The average Bonchev–Trinajstić information content (AvgIpc) is 2.51. The maximum atomic E-state index is 6.35. The maximum Gasteiger partial charge on any atom is 0.0359 e. The summed E-state index contributed by atoms with van der Waals surface area (Å²) in [5, 5.41) is 0. The van der Waals surface area contributed by atoms with Gasteiger partial charge in [-0.2, -0.15) is 0 Å². The van der Waals surface area contributed by atoms with Crippen molar-refractivity contribution in [3.8, 4) is 0 Å². The Kier molecular flexibility index (Phi) is 4.66. The fraction of sp³-hybridized carbons (Fsp3) is 1.00. The topological polar surface area (TPSA) is 29.3 Å². The van der Waals surface area contributed by atoms with Gasteiger partial charge in [0.2, 0.25) is 0 Å². The third-order valence-corrected chi connectivity index (χ3v) is 7.43. The lowest BCUT2D eigenvalue weighted by Gasteiger charge is -2.56. The first kappa shape index (κ1) is 15.8. The van der Waals surface area contributed by atoms with E-state index in [1.165, 1.54) is 77.3 Å². The van der Waals surface area contributed by atoms with E-state index in [4.69, 9.17) is 5.73 Å². The molecule has 0 bridgehead atoms. The molecule has 0 radical (unpaired) electrons. The van der Waals surface area contributed by atoms with Crippen LogP contribution in [-0.2, 0) is 0 Å². The lowest BCUT2D eigenvalue weighted by molar-refractivity contribution is -0.0484. The van der Waals surface area contributed by atoms with Crippen molar-refractivity contribution in [2.24, 2.45) is 23.0 Å². The molecule has 1 heterocycles. The van der Waals surface area contributed by atoms with Gasteiger partial charge < -0.3 is 5.73 Å². The van der Waals surface area contributed by atoms with E-state index >= 15 is 0 Å². The summed E-state index contributed by atoms with van der Waals surface area (Å²) >= 11 is 0. The van der Waals surface area contributed by atoms with Gasteiger partial charge in [0.05, 0.1) is 0 Å². The Labute approximate surface area is 131 Å². The monoisotopic (exact) mass is 292 g/mol. The molecule has 3 aliphatic rings. The molecule has 0 amide bonds. The van der Waals surface area contributed by atoms with Crippen molar-refractivity contribution in [3.05, 3.63) is 0 Å². The number of likely N-dealkylation sites (tertiary alicyclic amines) is 1. The first-order valence-corrected chi connectivity index (χ1v) is 9.55. The number of nitrogens with two attached hydrogens (primary N) is 1. The molecular weight excluding hydrogens is 256 g/mol. The molecule has 2 aliphatic carbocycles. The van der Waals surface area contributed by atoms with Gasteiger partial charge in [0.15, 0.2) is 0 Å². The van der Waals surface area contributed by atoms with Crippen molar-refractivity contribution in [2.45, 2.75) is 83.6 Å². The Morgan fingerprint density at radius 1 is 0.952 bits per heavy atom. The van der Waals surface area contributed by atoms with Crippen LogP contribution < -0.4 is 5.73 Å². The SMILES string of the molecule is CC1CCC(C)C(CN)(N2CCC3(CCCCC3)CC2)C1. The van der Waals surface area contributed by atoms with Gasteiger partial charge in [-0.1, -0.05) is 39.5 Å². The van der Waals surface area contributed by atoms with E-state index in [1.807, 2.05) is 0 Å². The second-order valence-corrected chi connectivity index (χ2v) is 8.64. The Morgan fingerprint density at radius 2 is 1.62 bits per heavy atom. The molecule has 2 nitrogen and oxygen atoms in total. The van der Waals surface area contributed by atoms with Crippen LogP contribution in [0.15, 0.2) is 0 Å². The molecule has 3 fully saturated rings. The maximum absolute atomic E-state index is 6.35. The number of hydrogen-bond donors (Lipinski definition) is 1. The van der Waals surface area contributed by atoms with Crippen LogP contribution in [0.5, 0.6) is 0 Å². The third kappa shape index (κ3) is 2.91. The predicted molar refractivity (Wildman–Crippen MR) is 90.3 cm³/mol. The summed E-state index contributed by atoms with van der Waals surface area (Å²) in [4.78, 5) is 2.83. The van der Waals surface area contributed by atoms with Crippen LogP contribution in [0.25, 0.3) is 0 Å². The van der Waals surface area contributed by atoms with Crippen LogP contribution in [-0.4, -0.2) is 30.1 Å². The number of rotatable bonds is 2. The van der Waals surface area contributed by atoms with Gasteiger partial charge >= 0.3 is 0 Å². The highest BCUT2D eigenvalue weighted by Crippen LogP contribution is 2.48. The first-order chi connectivity index (χ1) is 10.1. The molecule has 0 aromatic rings. The van der Waals surface area contributed by atoms with Crippen molar-refractivity contribution < 1.29 is 0 Å². The van der Waals surface area contributed by atoms with Crippen LogP contribution >= 0.6 is 0 Å². The molecule has 0 aromatic carbocycles. The van der Waals surface area contributed by atoms with Crippen LogP contribution in [0.1, 0.15) is 78.1 Å². The smallest absolute Gasteiger partial charge is 0.0359 e. The molecule has 1 saturated heterocycles. The number of hydrogen-bond acceptors (Lipinski definition) is 2. The molecule has 3 rings (SSSR count). The number of piperidine rings is 1. The molecule has 3 atom stereocenters. The normalized spacial score (nSPS) is 41.3. The molecule has 0 aromatic heterocycles. The molecule has 122 valence electrons. The summed E-state index contributed by atoms with van der Waals surface area (Å²) in [6.45, 7) is 8.39. The molecule has 1 aliphatic heterocycles. The van der Waals surface area contributed by atoms with Crippen molar-refractivity contribution in [1.29, 1.82) is 0 Å². The summed E-state index contributed by atoms with van der Waals surface area (Å²) in [5.41, 5.74) is 7.38. The summed E-state index contributed by atoms with van der Waals surface area (Å²) < 4.78 is 0. The molecule has 1 spiro atoms. The van der Waals surface area contributed by atoms with Gasteiger partial charge in [-0.15, -0.1) is 0 Å². The largest absolute Gasteiger partial charge is 0.329 e. The van der Waals surface area contributed by atoms with Crippen molar-refractivity contribution in [1.82, 2.24) is 4.90 Å². The zero-order chi connectivity index (χ0) is 14.9. The Hall–Kier alpha value is -0.0800. The lowest BCUT2D eigenvalue weighted by Crippen LogP contribution is -2.62. The van der Waals surface area contributed by atoms with Crippen molar-refractivity contribution in [3.63, 3.8) is 0 Å². The van der Waals surface area contributed by atoms with Gasteiger partial charge in [-0.3, -0.25) is 4.90 Å². The summed E-state index contributed by atoms with van der Waals surface area (Å²) in [5.74, 6) is 1.63. The highest BCUT2D eigenvalue weighted by molar-refractivity contribution is 5.02. The van der Waals surface area contributed by atoms with Gasteiger partial charge in [0.25, 0.3) is 0 Å². The minimum Gasteiger partial charge on any atom is -0.329 e. The molecule has 2 saturated carbocycles. The Bertz CT molecular complexity index is 337. The zero-order valence-electron chi connectivity index (χ0n) is 14.4. The molecule has 21 heavy (non-hydrogen) atoms. The predicted octanol–water partition coefficient (Wildman–Crippen LogP) is 4.19. The molecular formula is C19H36N2. The summed E-state index contributed by atoms with van der Waals surface area (Å²) in [6, 6.07) is 0. The Balaban J connectivity index is 1.69. The van der Waals surface area contributed by atoms with Gasteiger partial charge in [0, 0.05) is 12.1 Å². The second kappa shape index (κ2) is 6.20. The van der Waals surface area contributed by atoms with Gasteiger partial charge in [-0.25, -0.2) is 0 Å². The van der Waals surface area contributed by atoms with Crippen LogP contribution in [0.3, 0.4) is 0 Å². The fourth-order valence-electron chi connectivity index (χ4n) is 5.79. The van der Waals surface area contributed by atoms with E-state index in [0.29, 0.717) is 11.0 Å². The van der Waals surface area contributed by atoms with Crippen molar-refractivity contribution >= 4 is 0 Å². The van der Waals surface area contributed by atoms with Crippen LogP contribution in [0.4, 0.5) is 0 Å². The van der Waals surface area contributed by atoms with E-state index in [9.17, 15) is 0 Å². The van der Waals surface area contributed by atoms with Crippen LogP contribution in [0.2, 0.25) is 0 Å². The van der Waals surface area contributed by atoms with E-state index in [0.717, 1.165) is 18.4 Å². The third-order valence-electron chi connectivity index (χ3n) is 7.43. The molecule has 2 N–H and O–H groups in total. The van der Waals surface area contributed by atoms with Gasteiger partial charge in [0.1, 0.15) is 0 Å². The zero-order valence-corrected chi connectivity index (χ0v) is 14.4. The average molecular weight is 293 g/mol. The minimum absolute atomic E-state index is 0.313. The fourth-order valence-corrected chi connectivity index (χ4v) is 5.79. The van der Waals surface area contributed by atoms with Crippen LogP contribution in [0, 0.1) is 17.3 Å². The Morgan fingerprint density at radius 3 is 2.24 bits per heavy atom. The lowest BCUT2D eigenvalue weighted by atomic mass is 9.64.